The molecule has 0 fully saturated rings. The van der Waals surface area contributed by atoms with Crippen LogP contribution in [0.2, 0.25) is 0 Å². The van der Waals surface area contributed by atoms with Gasteiger partial charge in [0.2, 0.25) is 0 Å². The molecule has 0 rings (SSSR count). The lowest BCUT2D eigenvalue weighted by Gasteiger charge is -2.07. The first kappa shape index (κ1) is 11.2. The zero-order chi connectivity index (χ0) is 9.40. The van der Waals surface area contributed by atoms with E-state index in [2.05, 4.69) is 10.1 Å². The molecule has 1 amide bonds. The van der Waals surface area contributed by atoms with Crippen LogP contribution in [-0.4, -0.2) is 30.5 Å². The van der Waals surface area contributed by atoms with Crippen LogP contribution >= 0.6 is 0 Å². The minimum atomic E-state index is -0.595. The molecule has 0 aliphatic rings. The Bertz CT molecular complexity index is 125. The molecule has 1 unspecified atom stereocenters. The molecule has 0 saturated carbocycles. The van der Waals surface area contributed by atoms with E-state index in [1.807, 2.05) is 6.92 Å². The minimum absolute atomic E-state index is 0.0535. The van der Waals surface area contributed by atoms with Gasteiger partial charge in [-0.25, -0.2) is 4.79 Å². The van der Waals surface area contributed by atoms with Gasteiger partial charge in [-0.05, 0) is 13.3 Å². The molecule has 4 nitrogen and oxygen atoms in total. The first-order chi connectivity index (χ1) is 5.66. The highest BCUT2D eigenvalue weighted by molar-refractivity contribution is 5.66. The maximum atomic E-state index is 10.8. The van der Waals surface area contributed by atoms with Gasteiger partial charge in [0, 0.05) is 6.54 Å². The number of carbonyl (C=O) groups excluding carboxylic acids is 1. The first-order valence-electron chi connectivity index (χ1n) is 4.25. The van der Waals surface area contributed by atoms with Crippen LogP contribution in [0.1, 0.15) is 26.7 Å². The fourth-order valence-corrected chi connectivity index (χ4v) is 0.615. The SMILES string of the molecule is CCCCNC(=O)OCC(C)O. The molecule has 0 aromatic rings. The molecule has 0 radical (unpaired) electrons. The Labute approximate surface area is 72.9 Å². The van der Waals surface area contributed by atoms with Gasteiger partial charge in [-0.1, -0.05) is 13.3 Å². The summed E-state index contributed by atoms with van der Waals surface area (Å²) in [4.78, 5) is 10.8. The van der Waals surface area contributed by atoms with E-state index < -0.39 is 12.2 Å². The van der Waals surface area contributed by atoms with Crippen molar-refractivity contribution in [2.75, 3.05) is 13.2 Å². The smallest absolute Gasteiger partial charge is 0.407 e. The predicted molar refractivity (Wildman–Crippen MR) is 45.9 cm³/mol. The van der Waals surface area contributed by atoms with E-state index in [-0.39, 0.29) is 6.61 Å². The highest BCUT2D eigenvalue weighted by Gasteiger charge is 2.02. The van der Waals surface area contributed by atoms with E-state index in [1.54, 1.807) is 6.92 Å². The molecule has 0 bridgehead atoms. The number of rotatable bonds is 5. The zero-order valence-corrected chi connectivity index (χ0v) is 7.67. The van der Waals surface area contributed by atoms with Gasteiger partial charge < -0.3 is 15.2 Å². The number of hydrogen-bond acceptors (Lipinski definition) is 3. The Morgan fingerprint density at radius 3 is 2.83 bits per heavy atom. The van der Waals surface area contributed by atoms with Crippen LogP contribution in [0, 0.1) is 0 Å². The average Bonchev–Trinajstić information content (AvgIpc) is 2.01. The van der Waals surface area contributed by atoms with E-state index in [4.69, 9.17) is 5.11 Å². The first-order valence-corrected chi connectivity index (χ1v) is 4.25. The topological polar surface area (TPSA) is 58.6 Å². The fourth-order valence-electron chi connectivity index (χ4n) is 0.615. The largest absolute Gasteiger partial charge is 0.447 e. The van der Waals surface area contributed by atoms with Crippen molar-refractivity contribution in [1.82, 2.24) is 5.32 Å². The average molecular weight is 175 g/mol. The number of hydrogen-bond donors (Lipinski definition) is 2. The Balaban J connectivity index is 3.22. The predicted octanol–water partition coefficient (Wildman–Crippen LogP) is 0.893. The summed E-state index contributed by atoms with van der Waals surface area (Å²) < 4.78 is 4.65. The van der Waals surface area contributed by atoms with Crippen molar-refractivity contribution in [1.29, 1.82) is 0 Å². The second kappa shape index (κ2) is 6.91. The number of ether oxygens (including phenoxy) is 1. The number of amides is 1. The molecule has 72 valence electrons. The lowest BCUT2D eigenvalue weighted by Crippen LogP contribution is -2.27. The minimum Gasteiger partial charge on any atom is -0.447 e. The third-order valence-corrected chi connectivity index (χ3v) is 1.26. The van der Waals surface area contributed by atoms with Crippen molar-refractivity contribution >= 4 is 6.09 Å². The lowest BCUT2D eigenvalue weighted by atomic mass is 10.3. The van der Waals surface area contributed by atoms with Crippen LogP contribution in [0.3, 0.4) is 0 Å². The molecular formula is C8H17NO3. The van der Waals surface area contributed by atoms with Crippen LogP contribution in [0.15, 0.2) is 0 Å². The summed E-state index contributed by atoms with van der Waals surface area (Å²) in [6.07, 6.45) is 0.937. The maximum absolute atomic E-state index is 10.8. The van der Waals surface area contributed by atoms with Gasteiger partial charge in [-0.15, -0.1) is 0 Å². The van der Waals surface area contributed by atoms with Gasteiger partial charge in [0.15, 0.2) is 0 Å². The van der Waals surface area contributed by atoms with Crippen LogP contribution in [0.5, 0.6) is 0 Å². The summed E-state index contributed by atoms with van der Waals surface area (Å²) in [5.74, 6) is 0. The third kappa shape index (κ3) is 7.34. The lowest BCUT2D eigenvalue weighted by molar-refractivity contribution is 0.0780. The number of alkyl carbamates (subject to hydrolysis) is 1. The van der Waals surface area contributed by atoms with Gasteiger partial charge >= 0.3 is 6.09 Å². The molecule has 0 aliphatic carbocycles. The number of unbranched alkanes of at least 4 members (excludes halogenated alkanes) is 1. The van der Waals surface area contributed by atoms with Crippen molar-refractivity contribution in [2.45, 2.75) is 32.8 Å². The van der Waals surface area contributed by atoms with E-state index in [1.165, 1.54) is 0 Å². The van der Waals surface area contributed by atoms with Gasteiger partial charge in [0.05, 0.1) is 6.10 Å². The molecule has 0 spiro atoms. The Kier molecular flexibility index (Phi) is 6.47. The Morgan fingerprint density at radius 1 is 1.67 bits per heavy atom. The quantitative estimate of drug-likeness (QED) is 0.610. The van der Waals surface area contributed by atoms with Crippen molar-refractivity contribution < 1.29 is 14.6 Å². The molecule has 12 heavy (non-hydrogen) atoms. The second-order valence-corrected chi connectivity index (χ2v) is 2.73. The summed E-state index contributed by atoms with van der Waals surface area (Å²) in [5.41, 5.74) is 0. The van der Waals surface area contributed by atoms with Crippen LogP contribution in [0.25, 0.3) is 0 Å². The molecule has 4 heteroatoms. The standard InChI is InChI=1S/C8H17NO3/c1-3-4-5-9-8(11)12-6-7(2)10/h7,10H,3-6H2,1-2H3,(H,9,11). The molecule has 1 atom stereocenters. The van der Waals surface area contributed by atoms with Crippen LogP contribution in [0.4, 0.5) is 4.79 Å². The summed E-state index contributed by atoms with van der Waals surface area (Å²) in [7, 11) is 0. The molecule has 0 heterocycles. The molecule has 0 aromatic carbocycles. The number of aliphatic hydroxyl groups excluding tert-OH is 1. The molecule has 0 saturated heterocycles. The summed E-state index contributed by atoms with van der Waals surface area (Å²) in [5, 5.41) is 11.3. The number of nitrogens with one attached hydrogen (secondary N) is 1. The Morgan fingerprint density at radius 2 is 2.33 bits per heavy atom. The molecule has 0 aliphatic heterocycles. The number of aliphatic hydroxyl groups is 1. The van der Waals surface area contributed by atoms with Crippen molar-refractivity contribution in [3.8, 4) is 0 Å². The van der Waals surface area contributed by atoms with E-state index in [9.17, 15) is 4.79 Å². The summed E-state index contributed by atoms with van der Waals surface area (Å²) >= 11 is 0. The van der Waals surface area contributed by atoms with Crippen molar-refractivity contribution in [3.05, 3.63) is 0 Å². The van der Waals surface area contributed by atoms with E-state index >= 15 is 0 Å². The second-order valence-electron chi connectivity index (χ2n) is 2.73. The van der Waals surface area contributed by atoms with Crippen LogP contribution < -0.4 is 5.32 Å². The van der Waals surface area contributed by atoms with Gasteiger partial charge in [0.25, 0.3) is 0 Å². The van der Waals surface area contributed by atoms with Crippen LogP contribution in [-0.2, 0) is 4.74 Å². The third-order valence-electron chi connectivity index (χ3n) is 1.26. The van der Waals surface area contributed by atoms with Gasteiger partial charge in [-0.3, -0.25) is 0 Å². The molecule has 2 N–H and O–H groups in total. The van der Waals surface area contributed by atoms with E-state index in [0.29, 0.717) is 6.54 Å². The van der Waals surface area contributed by atoms with Gasteiger partial charge in [-0.2, -0.15) is 0 Å². The Hall–Kier alpha value is -0.770. The normalized spacial score (nSPS) is 12.2. The number of carbonyl (C=O) groups is 1. The van der Waals surface area contributed by atoms with E-state index in [0.717, 1.165) is 12.8 Å². The zero-order valence-electron chi connectivity index (χ0n) is 7.67. The highest BCUT2D eigenvalue weighted by atomic mass is 16.6. The summed E-state index contributed by atoms with van der Waals surface area (Å²) in [6, 6.07) is 0. The molecular weight excluding hydrogens is 158 g/mol. The maximum Gasteiger partial charge on any atom is 0.407 e. The van der Waals surface area contributed by atoms with Crippen molar-refractivity contribution in [2.24, 2.45) is 0 Å². The monoisotopic (exact) mass is 175 g/mol. The fraction of sp³-hybridized carbons (Fsp3) is 0.875. The summed E-state index contributed by atoms with van der Waals surface area (Å²) in [6.45, 7) is 4.30. The van der Waals surface area contributed by atoms with Gasteiger partial charge in [0.1, 0.15) is 6.61 Å². The highest BCUT2D eigenvalue weighted by Crippen LogP contribution is 1.86. The van der Waals surface area contributed by atoms with Crippen molar-refractivity contribution in [3.63, 3.8) is 0 Å². The molecule has 0 aromatic heterocycles.